The summed E-state index contributed by atoms with van der Waals surface area (Å²) in [4.78, 5) is 32.3. The number of para-hydroxylation sites is 1. The van der Waals surface area contributed by atoms with Crippen molar-refractivity contribution >= 4 is 17.6 Å². The van der Waals surface area contributed by atoms with Crippen LogP contribution in [-0.2, 0) is 4.74 Å². The predicted octanol–water partition coefficient (Wildman–Crippen LogP) is 2.77. The van der Waals surface area contributed by atoms with Crippen molar-refractivity contribution in [1.29, 1.82) is 0 Å². The maximum atomic E-state index is 12.9. The number of hydrogen-bond acceptors (Lipinski definition) is 4. The van der Waals surface area contributed by atoms with Gasteiger partial charge in [0, 0.05) is 37.6 Å². The quantitative estimate of drug-likeness (QED) is 0.857. The van der Waals surface area contributed by atoms with Gasteiger partial charge in [0.15, 0.2) is 0 Å². The molecular formula is C20H25N3O3. The summed E-state index contributed by atoms with van der Waals surface area (Å²) in [5.41, 5.74) is 3.47. The molecule has 138 valence electrons. The summed E-state index contributed by atoms with van der Waals surface area (Å²) in [6.07, 6.45) is 0. The Bertz CT molecular complexity index is 790. The molecule has 0 radical (unpaired) electrons. The van der Waals surface area contributed by atoms with Crippen molar-refractivity contribution in [3.05, 3.63) is 52.8 Å². The number of aryl methyl sites for hydroxylation is 1. The number of piperazine rings is 1. The number of H-pyrrole nitrogens is 1. The van der Waals surface area contributed by atoms with Gasteiger partial charge >= 0.3 is 5.97 Å². The van der Waals surface area contributed by atoms with E-state index in [1.165, 1.54) is 5.69 Å². The van der Waals surface area contributed by atoms with Crippen LogP contribution in [0.2, 0.25) is 0 Å². The Morgan fingerprint density at radius 3 is 2.35 bits per heavy atom. The molecule has 1 aromatic carbocycles. The van der Waals surface area contributed by atoms with E-state index in [0.717, 1.165) is 13.1 Å². The lowest BCUT2D eigenvalue weighted by Crippen LogP contribution is -2.49. The summed E-state index contributed by atoms with van der Waals surface area (Å²) in [5.74, 6) is -0.444. The molecule has 1 saturated heterocycles. The summed E-state index contributed by atoms with van der Waals surface area (Å²) in [7, 11) is 0. The number of ether oxygens (including phenoxy) is 1. The summed E-state index contributed by atoms with van der Waals surface area (Å²) < 4.78 is 5.10. The van der Waals surface area contributed by atoms with Crippen LogP contribution in [0.25, 0.3) is 0 Å². The first-order valence-electron chi connectivity index (χ1n) is 8.98. The Hall–Kier alpha value is -2.76. The van der Waals surface area contributed by atoms with Crippen LogP contribution in [0.1, 0.15) is 39.0 Å². The Morgan fingerprint density at radius 1 is 1.08 bits per heavy atom. The van der Waals surface area contributed by atoms with Gasteiger partial charge in [-0.15, -0.1) is 0 Å². The molecule has 0 aliphatic carbocycles. The maximum Gasteiger partial charge on any atom is 0.340 e. The molecule has 6 nitrogen and oxygen atoms in total. The zero-order valence-electron chi connectivity index (χ0n) is 15.5. The Balaban J connectivity index is 1.71. The maximum absolute atomic E-state index is 12.9. The van der Waals surface area contributed by atoms with Crippen LogP contribution in [0.4, 0.5) is 5.69 Å². The number of rotatable bonds is 4. The lowest BCUT2D eigenvalue weighted by molar-refractivity contribution is 0.0525. The van der Waals surface area contributed by atoms with E-state index < -0.39 is 0 Å². The van der Waals surface area contributed by atoms with Gasteiger partial charge in [-0.05, 0) is 38.5 Å². The lowest BCUT2D eigenvalue weighted by Gasteiger charge is -2.36. The number of benzene rings is 1. The normalized spacial score (nSPS) is 14.4. The molecule has 0 saturated carbocycles. The molecule has 1 aliphatic rings. The molecule has 0 spiro atoms. The molecular weight excluding hydrogens is 330 g/mol. The topological polar surface area (TPSA) is 65.6 Å². The number of carbonyl (C=O) groups excluding carboxylic acids is 2. The molecule has 0 bridgehead atoms. The minimum absolute atomic E-state index is 0.0612. The van der Waals surface area contributed by atoms with Gasteiger partial charge in [0.2, 0.25) is 0 Å². The van der Waals surface area contributed by atoms with Crippen LogP contribution in [0, 0.1) is 13.8 Å². The molecule has 3 rings (SSSR count). The van der Waals surface area contributed by atoms with Gasteiger partial charge in [-0.25, -0.2) is 4.79 Å². The van der Waals surface area contributed by atoms with E-state index in [1.54, 1.807) is 20.8 Å². The highest BCUT2D eigenvalue weighted by Gasteiger charge is 2.28. The number of anilines is 1. The van der Waals surface area contributed by atoms with Crippen molar-refractivity contribution in [1.82, 2.24) is 9.88 Å². The molecule has 1 aliphatic heterocycles. The monoisotopic (exact) mass is 355 g/mol. The molecule has 1 amide bonds. The van der Waals surface area contributed by atoms with E-state index in [0.29, 0.717) is 42.2 Å². The van der Waals surface area contributed by atoms with E-state index in [9.17, 15) is 9.59 Å². The fourth-order valence-corrected chi connectivity index (χ4v) is 3.44. The number of nitrogens with one attached hydrogen (secondary N) is 1. The van der Waals surface area contributed by atoms with Crippen molar-refractivity contribution in [3.63, 3.8) is 0 Å². The predicted molar refractivity (Wildman–Crippen MR) is 101 cm³/mol. The van der Waals surface area contributed by atoms with Crippen LogP contribution in [0.15, 0.2) is 30.3 Å². The van der Waals surface area contributed by atoms with E-state index in [2.05, 4.69) is 22.0 Å². The number of hydrogen-bond donors (Lipinski definition) is 1. The summed E-state index contributed by atoms with van der Waals surface area (Å²) >= 11 is 0. The Kier molecular flexibility index (Phi) is 5.30. The summed E-state index contributed by atoms with van der Waals surface area (Å²) in [6, 6.07) is 10.2. The van der Waals surface area contributed by atoms with Gasteiger partial charge < -0.3 is 19.5 Å². The summed E-state index contributed by atoms with van der Waals surface area (Å²) in [6.45, 7) is 8.56. The van der Waals surface area contributed by atoms with Crippen molar-refractivity contribution in [2.24, 2.45) is 0 Å². The average molecular weight is 355 g/mol. The second-order valence-corrected chi connectivity index (χ2v) is 6.46. The zero-order valence-corrected chi connectivity index (χ0v) is 15.5. The van der Waals surface area contributed by atoms with E-state index in [-0.39, 0.29) is 11.9 Å². The smallest absolute Gasteiger partial charge is 0.340 e. The Labute approximate surface area is 153 Å². The highest BCUT2D eigenvalue weighted by molar-refractivity contribution is 6.00. The molecule has 1 aromatic heterocycles. The Morgan fingerprint density at radius 2 is 1.73 bits per heavy atom. The lowest BCUT2D eigenvalue weighted by atomic mass is 10.1. The van der Waals surface area contributed by atoms with Crippen molar-refractivity contribution in [3.8, 4) is 0 Å². The highest BCUT2D eigenvalue weighted by Crippen LogP contribution is 2.22. The molecule has 1 N–H and O–H groups in total. The van der Waals surface area contributed by atoms with Crippen molar-refractivity contribution < 1.29 is 14.3 Å². The molecule has 0 unspecified atom stereocenters. The number of esters is 1. The van der Waals surface area contributed by atoms with Gasteiger partial charge in [0.05, 0.1) is 12.2 Å². The minimum atomic E-state index is -0.383. The highest BCUT2D eigenvalue weighted by atomic mass is 16.5. The molecule has 26 heavy (non-hydrogen) atoms. The number of aromatic nitrogens is 1. The number of aromatic amines is 1. The third-order valence-corrected chi connectivity index (χ3v) is 4.82. The second kappa shape index (κ2) is 7.64. The summed E-state index contributed by atoms with van der Waals surface area (Å²) in [5, 5.41) is 0. The van der Waals surface area contributed by atoms with Crippen LogP contribution in [0.3, 0.4) is 0 Å². The van der Waals surface area contributed by atoms with Gasteiger partial charge in [0.25, 0.3) is 5.91 Å². The first-order valence-corrected chi connectivity index (χ1v) is 8.98. The third kappa shape index (κ3) is 3.45. The number of amides is 1. The average Bonchev–Trinajstić information content (AvgIpc) is 2.96. The molecule has 2 aromatic rings. The fourth-order valence-electron chi connectivity index (χ4n) is 3.44. The molecule has 6 heteroatoms. The van der Waals surface area contributed by atoms with E-state index >= 15 is 0 Å². The third-order valence-electron chi connectivity index (χ3n) is 4.82. The molecule has 1 fully saturated rings. The fraction of sp³-hybridized carbons (Fsp3) is 0.400. The van der Waals surface area contributed by atoms with Gasteiger partial charge in [-0.2, -0.15) is 0 Å². The zero-order chi connectivity index (χ0) is 18.7. The SMILES string of the molecule is CCOC(=O)c1c(C)[nH]c(C(=O)N2CCN(c3ccccc3)CC2)c1C. The first-order chi connectivity index (χ1) is 12.5. The van der Waals surface area contributed by atoms with Crippen LogP contribution in [0.5, 0.6) is 0 Å². The van der Waals surface area contributed by atoms with Crippen LogP contribution in [-0.4, -0.2) is 54.5 Å². The van der Waals surface area contributed by atoms with E-state index in [1.807, 2.05) is 23.1 Å². The van der Waals surface area contributed by atoms with Crippen molar-refractivity contribution in [2.45, 2.75) is 20.8 Å². The number of carbonyl (C=O) groups is 2. The number of nitrogens with zero attached hydrogens (tertiary/aromatic N) is 2. The van der Waals surface area contributed by atoms with Gasteiger partial charge in [-0.3, -0.25) is 4.79 Å². The van der Waals surface area contributed by atoms with Crippen LogP contribution >= 0.6 is 0 Å². The van der Waals surface area contributed by atoms with Crippen LogP contribution < -0.4 is 4.90 Å². The largest absolute Gasteiger partial charge is 0.462 e. The molecule has 2 heterocycles. The van der Waals surface area contributed by atoms with E-state index in [4.69, 9.17) is 4.74 Å². The minimum Gasteiger partial charge on any atom is -0.462 e. The van der Waals surface area contributed by atoms with Gasteiger partial charge in [-0.1, -0.05) is 18.2 Å². The van der Waals surface area contributed by atoms with Gasteiger partial charge in [0.1, 0.15) is 5.69 Å². The first kappa shape index (κ1) is 18.0. The second-order valence-electron chi connectivity index (χ2n) is 6.46. The standard InChI is InChI=1S/C20H25N3O3/c1-4-26-20(25)17-14(2)18(21-15(17)3)19(24)23-12-10-22(11-13-23)16-8-6-5-7-9-16/h5-9,21H,4,10-13H2,1-3H3. The van der Waals surface area contributed by atoms with Crippen molar-refractivity contribution in [2.75, 3.05) is 37.7 Å². The molecule has 0 atom stereocenters.